The summed E-state index contributed by atoms with van der Waals surface area (Å²) in [6, 6.07) is 10.2. The summed E-state index contributed by atoms with van der Waals surface area (Å²) in [7, 11) is 0. The van der Waals surface area contributed by atoms with Crippen molar-refractivity contribution in [1.82, 2.24) is 19.7 Å². The smallest absolute Gasteiger partial charge is 0.271 e. The average molecular weight is 419 g/mol. The lowest BCUT2D eigenvalue weighted by atomic mass is 10.2. The van der Waals surface area contributed by atoms with Gasteiger partial charge in [-0.25, -0.2) is 4.98 Å². The number of nitrogens with one attached hydrogen (secondary N) is 2. The third-order valence-corrected chi connectivity index (χ3v) is 5.31. The Bertz CT molecular complexity index is 1130. The highest BCUT2D eigenvalue weighted by Gasteiger charge is 2.26. The van der Waals surface area contributed by atoms with Crippen LogP contribution in [0.3, 0.4) is 0 Å². The Balaban J connectivity index is 1.45. The fourth-order valence-electron chi connectivity index (χ4n) is 3.54. The molecular weight excluding hydrogens is 394 g/mol. The van der Waals surface area contributed by atoms with Gasteiger partial charge >= 0.3 is 0 Å². The predicted molar refractivity (Wildman–Crippen MR) is 119 cm³/mol. The molecule has 160 valence electrons. The molecule has 3 aromatic rings. The van der Waals surface area contributed by atoms with Crippen LogP contribution >= 0.6 is 0 Å². The molecule has 0 radical (unpaired) electrons. The average Bonchev–Trinajstić information content (AvgIpc) is 3.48. The Morgan fingerprint density at radius 1 is 1.23 bits per heavy atom. The first-order valence-electron chi connectivity index (χ1n) is 10.6. The highest BCUT2D eigenvalue weighted by Crippen LogP contribution is 2.22. The molecule has 0 spiro atoms. The number of hydrazone groups is 1. The fourth-order valence-corrected chi connectivity index (χ4v) is 3.54. The molecule has 1 saturated heterocycles. The number of ether oxygens (including phenoxy) is 1. The lowest BCUT2D eigenvalue weighted by Crippen LogP contribution is -2.38. The van der Waals surface area contributed by atoms with Crippen LogP contribution in [-0.2, 0) is 4.74 Å². The molecule has 1 saturated carbocycles. The number of aromatic nitrogens is 3. The number of nitrogens with zero attached hydrogens (tertiary/aromatic N) is 5. The number of morpholine rings is 1. The predicted octanol–water partition coefficient (Wildman–Crippen LogP) is 2.21. The summed E-state index contributed by atoms with van der Waals surface area (Å²) in [6.07, 6.45) is 5.58. The van der Waals surface area contributed by atoms with Gasteiger partial charge in [0.1, 0.15) is 11.3 Å². The maximum absolute atomic E-state index is 12.5. The van der Waals surface area contributed by atoms with Gasteiger partial charge in [-0.15, -0.1) is 0 Å². The van der Waals surface area contributed by atoms with E-state index in [0.29, 0.717) is 36.3 Å². The van der Waals surface area contributed by atoms with Crippen LogP contribution in [0.4, 0.5) is 11.8 Å². The van der Waals surface area contributed by atoms with E-state index in [9.17, 15) is 4.79 Å². The van der Waals surface area contributed by atoms with E-state index >= 15 is 0 Å². The van der Waals surface area contributed by atoms with E-state index in [2.05, 4.69) is 31.8 Å². The minimum absolute atomic E-state index is 0.147. The quantitative estimate of drug-likeness (QED) is 0.470. The Morgan fingerprint density at radius 2 is 2.06 bits per heavy atom. The SMILES string of the molecule is Cc1cccc(/C=N/Nc2cc3nc(C(=O)NC4CC4)cn3c(N3CCOCC3)n2)c1. The second-order valence-corrected chi connectivity index (χ2v) is 7.93. The summed E-state index contributed by atoms with van der Waals surface area (Å²) in [4.78, 5) is 24.0. The largest absolute Gasteiger partial charge is 0.378 e. The van der Waals surface area contributed by atoms with Crippen molar-refractivity contribution in [2.24, 2.45) is 5.10 Å². The van der Waals surface area contributed by atoms with Gasteiger partial charge in [0, 0.05) is 31.4 Å². The molecule has 31 heavy (non-hydrogen) atoms. The molecule has 0 atom stereocenters. The van der Waals surface area contributed by atoms with Gasteiger partial charge in [0.15, 0.2) is 5.82 Å². The van der Waals surface area contributed by atoms with E-state index < -0.39 is 0 Å². The van der Waals surface area contributed by atoms with Crippen LogP contribution < -0.4 is 15.6 Å². The molecule has 2 fully saturated rings. The summed E-state index contributed by atoms with van der Waals surface area (Å²) >= 11 is 0. The molecule has 2 N–H and O–H groups in total. The van der Waals surface area contributed by atoms with Gasteiger partial charge < -0.3 is 15.0 Å². The minimum atomic E-state index is -0.147. The van der Waals surface area contributed by atoms with Gasteiger partial charge in [-0.1, -0.05) is 29.8 Å². The standard InChI is InChI=1S/C22H25N7O2/c1-15-3-2-4-16(11-15)13-23-27-19-12-20-25-18(21(30)24-17-5-6-17)14-29(20)22(26-19)28-7-9-31-10-8-28/h2-4,11-14,17,27H,5-10H2,1H3,(H,24,30)/b23-13+. The van der Waals surface area contributed by atoms with Gasteiger partial charge in [0.2, 0.25) is 5.95 Å². The van der Waals surface area contributed by atoms with Crippen molar-refractivity contribution in [3.63, 3.8) is 0 Å². The van der Waals surface area contributed by atoms with Gasteiger partial charge in [0.05, 0.1) is 19.4 Å². The number of aryl methyl sites for hydroxylation is 1. The van der Waals surface area contributed by atoms with Gasteiger partial charge in [-0.2, -0.15) is 10.1 Å². The molecule has 5 rings (SSSR count). The van der Waals surface area contributed by atoms with E-state index in [0.717, 1.165) is 31.5 Å². The number of carbonyl (C=O) groups excluding carboxylic acids is 1. The third-order valence-electron chi connectivity index (χ3n) is 5.31. The van der Waals surface area contributed by atoms with Crippen molar-refractivity contribution in [2.45, 2.75) is 25.8 Å². The molecule has 2 aliphatic rings. The molecule has 9 nitrogen and oxygen atoms in total. The monoisotopic (exact) mass is 419 g/mol. The Labute approximate surface area is 180 Å². The topological polar surface area (TPSA) is 96.1 Å². The second kappa shape index (κ2) is 8.35. The number of hydrogen-bond donors (Lipinski definition) is 2. The van der Waals surface area contributed by atoms with E-state index in [1.165, 1.54) is 5.56 Å². The first kappa shape index (κ1) is 19.5. The first-order valence-corrected chi connectivity index (χ1v) is 10.6. The number of benzene rings is 1. The highest BCUT2D eigenvalue weighted by molar-refractivity contribution is 5.93. The summed E-state index contributed by atoms with van der Waals surface area (Å²) in [5.41, 5.74) is 6.22. The number of amides is 1. The molecule has 3 heterocycles. The van der Waals surface area contributed by atoms with E-state index in [1.54, 1.807) is 18.5 Å². The number of rotatable bonds is 6. The number of carbonyl (C=O) groups is 1. The molecule has 1 aliphatic carbocycles. The second-order valence-electron chi connectivity index (χ2n) is 7.93. The summed E-state index contributed by atoms with van der Waals surface area (Å²) in [6.45, 7) is 4.76. The van der Waals surface area contributed by atoms with Crippen molar-refractivity contribution in [3.05, 3.63) is 53.3 Å². The normalized spacial score (nSPS) is 16.7. The number of hydrogen-bond acceptors (Lipinski definition) is 7. The molecule has 0 bridgehead atoms. The maximum atomic E-state index is 12.5. The van der Waals surface area contributed by atoms with E-state index in [4.69, 9.17) is 9.72 Å². The lowest BCUT2D eigenvalue weighted by molar-refractivity contribution is 0.0946. The zero-order chi connectivity index (χ0) is 21.2. The molecule has 1 aliphatic heterocycles. The Kier molecular flexibility index (Phi) is 5.25. The van der Waals surface area contributed by atoms with Crippen molar-refractivity contribution < 1.29 is 9.53 Å². The van der Waals surface area contributed by atoms with Gasteiger partial charge in [-0.3, -0.25) is 14.6 Å². The number of fused-ring (bicyclic) bond motifs is 1. The Morgan fingerprint density at radius 3 is 2.84 bits per heavy atom. The molecular formula is C22H25N7O2. The zero-order valence-corrected chi connectivity index (χ0v) is 17.4. The van der Waals surface area contributed by atoms with Crippen LogP contribution in [0.25, 0.3) is 5.65 Å². The van der Waals surface area contributed by atoms with Crippen LogP contribution in [0.1, 0.15) is 34.5 Å². The molecule has 2 aromatic heterocycles. The van der Waals surface area contributed by atoms with E-state index in [-0.39, 0.29) is 11.9 Å². The van der Waals surface area contributed by atoms with Gasteiger partial charge in [0.25, 0.3) is 5.91 Å². The molecule has 9 heteroatoms. The van der Waals surface area contributed by atoms with Crippen molar-refractivity contribution >= 4 is 29.5 Å². The molecule has 0 unspecified atom stereocenters. The summed E-state index contributed by atoms with van der Waals surface area (Å²) in [5.74, 6) is 1.13. The van der Waals surface area contributed by atoms with E-state index in [1.807, 2.05) is 29.5 Å². The Hall–Kier alpha value is -3.46. The van der Waals surface area contributed by atoms with Crippen LogP contribution in [0.5, 0.6) is 0 Å². The molecule has 1 amide bonds. The van der Waals surface area contributed by atoms with Crippen LogP contribution in [0.2, 0.25) is 0 Å². The van der Waals surface area contributed by atoms with Crippen molar-refractivity contribution in [3.8, 4) is 0 Å². The minimum Gasteiger partial charge on any atom is -0.378 e. The van der Waals surface area contributed by atoms with Gasteiger partial charge in [-0.05, 0) is 25.3 Å². The first-order chi connectivity index (χ1) is 15.2. The van der Waals surface area contributed by atoms with Crippen LogP contribution in [0.15, 0.2) is 41.6 Å². The number of imidazole rings is 1. The lowest BCUT2D eigenvalue weighted by Gasteiger charge is -2.28. The highest BCUT2D eigenvalue weighted by atomic mass is 16.5. The summed E-state index contributed by atoms with van der Waals surface area (Å²) < 4.78 is 7.35. The van der Waals surface area contributed by atoms with Crippen LogP contribution in [0, 0.1) is 6.92 Å². The maximum Gasteiger partial charge on any atom is 0.271 e. The fraction of sp³-hybridized carbons (Fsp3) is 0.364. The van der Waals surface area contributed by atoms with Crippen molar-refractivity contribution in [2.75, 3.05) is 36.6 Å². The van der Waals surface area contributed by atoms with Crippen LogP contribution in [-0.4, -0.2) is 58.8 Å². The van der Waals surface area contributed by atoms with Crippen molar-refractivity contribution in [1.29, 1.82) is 0 Å². The number of anilines is 2. The third kappa shape index (κ3) is 4.51. The molecule has 1 aromatic carbocycles. The zero-order valence-electron chi connectivity index (χ0n) is 17.4. The summed E-state index contributed by atoms with van der Waals surface area (Å²) in [5, 5.41) is 7.33.